The second-order valence-electron chi connectivity index (χ2n) is 3.66. The lowest BCUT2D eigenvalue weighted by atomic mass is 10.4. The molecule has 9 heteroatoms. The molecule has 0 aromatic heterocycles. The number of rotatable bonds is 7. The molecule has 0 saturated heterocycles. The highest BCUT2D eigenvalue weighted by Gasteiger charge is 2.23. The number of carbonyl (C=O) groups excluding carboxylic acids is 3. The van der Waals surface area contributed by atoms with Crippen molar-refractivity contribution in [3.05, 3.63) is 0 Å². The zero-order valence-electron chi connectivity index (χ0n) is 10.8. The van der Waals surface area contributed by atoms with Crippen molar-refractivity contribution in [1.82, 2.24) is 9.80 Å². The normalized spacial score (nSPS) is 9.58. The number of primary amides is 1. The molecular weight excluding hydrogens is 258 g/mol. The molecule has 3 N–H and O–H groups in total. The summed E-state index contributed by atoms with van der Waals surface area (Å²) in [4.78, 5) is 46.0. The fourth-order valence-electron chi connectivity index (χ4n) is 1.25. The molecule has 3 amide bonds. The van der Waals surface area contributed by atoms with E-state index in [0.29, 0.717) is 0 Å². The minimum Gasteiger partial charge on any atom is -0.480 e. The maximum Gasteiger partial charge on any atom is 0.325 e. The van der Waals surface area contributed by atoms with Crippen LogP contribution < -0.4 is 5.73 Å². The number of ether oxygens (including phenoxy) is 1. The molecule has 0 aromatic rings. The van der Waals surface area contributed by atoms with Crippen LogP contribution in [0.15, 0.2) is 0 Å². The third kappa shape index (κ3) is 6.86. The predicted molar refractivity (Wildman–Crippen MR) is 63.1 cm³/mol. The van der Waals surface area contributed by atoms with Crippen molar-refractivity contribution in [2.24, 2.45) is 5.73 Å². The smallest absolute Gasteiger partial charge is 0.325 e. The average Bonchev–Trinajstić information content (AvgIpc) is 2.25. The number of hydrogen-bond acceptors (Lipinski definition) is 5. The first-order valence-electron chi connectivity index (χ1n) is 5.43. The van der Waals surface area contributed by atoms with Crippen LogP contribution in [0.5, 0.6) is 0 Å². The number of amides is 3. The van der Waals surface area contributed by atoms with Gasteiger partial charge in [0.15, 0.2) is 0 Å². The van der Waals surface area contributed by atoms with Crippen LogP contribution in [0, 0.1) is 0 Å². The Kier molecular flexibility index (Phi) is 6.94. The first kappa shape index (κ1) is 16.7. The maximum atomic E-state index is 11.8. The Morgan fingerprint density at radius 2 is 1.74 bits per heavy atom. The molecule has 19 heavy (non-hydrogen) atoms. The number of hydrogen-bond donors (Lipinski definition) is 2. The number of urea groups is 1. The highest BCUT2D eigenvalue weighted by molar-refractivity contribution is 5.87. The van der Waals surface area contributed by atoms with E-state index in [1.165, 1.54) is 7.05 Å². The van der Waals surface area contributed by atoms with Crippen LogP contribution in [0.1, 0.15) is 6.92 Å². The molecule has 9 nitrogen and oxygen atoms in total. The molecule has 0 spiro atoms. The van der Waals surface area contributed by atoms with Gasteiger partial charge in [0.25, 0.3) is 0 Å². The van der Waals surface area contributed by atoms with Crippen LogP contribution in [0.3, 0.4) is 0 Å². The monoisotopic (exact) mass is 275 g/mol. The van der Waals surface area contributed by atoms with Gasteiger partial charge in [-0.1, -0.05) is 0 Å². The van der Waals surface area contributed by atoms with Crippen molar-refractivity contribution in [1.29, 1.82) is 0 Å². The van der Waals surface area contributed by atoms with E-state index in [9.17, 15) is 19.2 Å². The van der Waals surface area contributed by atoms with Crippen molar-refractivity contribution >= 4 is 23.9 Å². The minimum absolute atomic E-state index is 0.168. The van der Waals surface area contributed by atoms with Crippen LogP contribution in [0.4, 0.5) is 4.79 Å². The lowest BCUT2D eigenvalue weighted by Gasteiger charge is -2.25. The molecule has 108 valence electrons. The van der Waals surface area contributed by atoms with Crippen LogP contribution >= 0.6 is 0 Å². The molecular formula is C10H17N3O6. The van der Waals surface area contributed by atoms with Crippen molar-refractivity contribution in [2.75, 3.05) is 33.3 Å². The van der Waals surface area contributed by atoms with Gasteiger partial charge in [-0.25, -0.2) is 4.79 Å². The van der Waals surface area contributed by atoms with E-state index in [4.69, 9.17) is 10.8 Å². The summed E-state index contributed by atoms with van der Waals surface area (Å²) >= 11 is 0. The fraction of sp³-hybridized carbons (Fsp3) is 0.600. The van der Waals surface area contributed by atoms with E-state index in [2.05, 4.69) is 4.74 Å². The zero-order valence-corrected chi connectivity index (χ0v) is 10.8. The van der Waals surface area contributed by atoms with Gasteiger partial charge < -0.3 is 25.4 Å². The molecule has 0 rings (SSSR count). The molecule has 0 atom stereocenters. The summed E-state index contributed by atoms with van der Waals surface area (Å²) in [6.07, 6.45) is 0. The summed E-state index contributed by atoms with van der Waals surface area (Å²) in [7, 11) is 1.29. The minimum atomic E-state index is -1.29. The van der Waals surface area contributed by atoms with Gasteiger partial charge in [-0.2, -0.15) is 0 Å². The Labute approximate surface area is 109 Å². The molecule has 0 aliphatic heterocycles. The topological polar surface area (TPSA) is 130 Å². The molecule has 0 aromatic carbocycles. The van der Waals surface area contributed by atoms with E-state index in [1.54, 1.807) is 6.92 Å². The second kappa shape index (κ2) is 7.90. The fourth-order valence-corrected chi connectivity index (χ4v) is 1.25. The van der Waals surface area contributed by atoms with Crippen LogP contribution in [-0.2, 0) is 19.1 Å². The van der Waals surface area contributed by atoms with Crippen LogP contribution in [0.2, 0.25) is 0 Å². The molecule has 0 radical (unpaired) electrons. The number of nitrogens with zero attached hydrogens (tertiary/aromatic N) is 2. The van der Waals surface area contributed by atoms with Crippen molar-refractivity contribution in [3.8, 4) is 0 Å². The highest BCUT2D eigenvalue weighted by atomic mass is 16.5. The maximum absolute atomic E-state index is 11.8. The van der Waals surface area contributed by atoms with E-state index in [-0.39, 0.29) is 13.2 Å². The van der Waals surface area contributed by atoms with Crippen molar-refractivity contribution < 1.29 is 29.0 Å². The van der Waals surface area contributed by atoms with Crippen LogP contribution in [0.25, 0.3) is 0 Å². The number of carbonyl (C=O) groups is 4. The number of aliphatic carboxylic acids is 1. The Morgan fingerprint density at radius 1 is 1.16 bits per heavy atom. The average molecular weight is 275 g/mol. The van der Waals surface area contributed by atoms with E-state index >= 15 is 0 Å². The quantitative estimate of drug-likeness (QED) is 0.542. The summed E-state index contributed by atoms with van der Waals surface area (Å²) in [5.74, 6) is -2.77. The second-order valence-corrected chi connectivity index (χ2v) is 3.66. The Bertz CT molecular complexity index is 354. The summed E-state index contributed by atoms with van der Waals surface area (Å²) in [6.45, 7) is 0.208. The molecule has 0 unspecified atom stereocenters. The van der Waals surface area contributed by atoms with Crippen LogP contribution in [-0.4, -0.2) is 72.1 Å². The number of likely N-dealkylation sites (N-methyl/N-ethyl adjacent to an activating group) is 1. The predicted octanol–water partition coefficient (Wildman–Crippen LogP) is -1.53. The molecule has 0 aliphatic rings. The Balaban J connectivity index is 4.63. The zero-order chi connectivity index (χ0) is 15.0. The van der Waals surface area contributed by atoms with Gasteiger partial charge in [-0.05, 0) is 6.92 Å². The standard InChI is InChI=1S/C10H17N3O6/c1-3-19-9(17)6-12(2)10(18)13(4-7(11)14)5-8(15)16/h3-6H2,1-2H3,(H2,11,14)(H,15,16). The summed E-state index contributed by atoms with van der Waals surface area (Å²) < 4.78 is 4.65. The molecule has 0 aliphatic carbocycles. The largest absolute Gasteiger partial charge is 0.480 e. The van der Waals surface area contributed by atoms with Gasteiger partial charge in [-0.15, -0.1) is 0 Å². The van der Waals surface area contributed by atoms with Gasteiger partial charge in [0.2, 0.25) is 5.91 Å². The SMILES string of the molecule is CCOC(=O)CN(C)C(=O)N(CC(N)=O)CC(=O)O. The first-order chi connectivity index (χ1) is 8.77. The first-order valence-corrected chi connectivity index (χ1v) is 5.43. The summed E-state index contributed by atoms with van der Waals surface area (Å²) in [5, 5.41) is 8.64. The third-order valence-electron chi connectivity index (χ3n) is 1.94. The van der Waals surface area contributed by atoms with Gasteiger partial charge in [0.05, 0.1) is 6.61 Å². The summed E-state index contributed by atoms with van der Waals surface area (Å²) in [5.41, 5.74) is 4.92. The van der Waals surface area contributed by atoms with E-state index in [1.807, 2.05) is 0 Å². The van der Waals surface area contributed by atoms with Gasteiger partial charge in [-0.3, -0.25) is 14.4 Å². The third-order valence-corrected chi connectivity index (χ3v) is 1.94. The van der Waals surface area contributed by atoms with Crippen molar-refractivity contribution in [3.63, 3.8) is 0 Å². The number of carboxylic acid groups (broad SMARTS) is 1. The Morgan fingerprint density at radius 3 is 2.16 bits per heavy atom. The highest BCUT2D eigenvalue weighted by Crippen LogP contribution is 1.98. The van der Waals surface area contributed by atoms with Crippen molar-refractivity contribution in [2.45, 2.75) is 6.92 Å². The lowest BCUT2D eigenvalue weighted by Crippen LogP contribution is -2.48. The Hall–Kier alpha value is -2.32. The number of carboxylic acids is 1. The molecule has 0 heterocycles. The number of esters is 1. The van der Waals surface area contributed by atoms with Gasteiger partial charge >= 0.3 is 18.0 Å². The molecule has 0 saturated carbocycles. The number of nitrogens with two attached hydrogens (primary N) is 1. The molecule has 0 bridgehead atoms. The summed E-state index contributed by atoms with van der Waals surface area (Å²) in [6, 6.07) is -0.797. The van der Waals surface area contributed by atoms with Gasteiger partial charge in [0, 0.05) is 7.05 Å². The van der Waals surface area contributed by atoms with E-state index < -0.39 is 37.0 Å². The lowest BCUT2D eigenvalue weighted by molar-refractivity contribution is -0.143. The van der Waals surface area contributed by atoms with Gasteiger partial charge in [0.1, 0.15) is 19.6 Å². The van der Waals surface area contributed by atoms with E-state index in [0.717, 1.165) is 9.80 Å². The molecule has 0 fully saturated rings.